The Morgan fingerprint density at radius 2 is 1.60 bits per heavy atom. The minimum Gasteiger partial charge on any atom is -0.399 e. The van der Waals surface area contributed by atoms with Crippen LogP contribution in [0.1, 0.15) is 37.2 Å². The molecule has 1 aromatic carbocycles. The van der Waals surface area contributed by atoms with Crippen LogP contribution in [-0.4, -0.2) is 5.92 Å². The number of halogens is 2. The van der Waals surface area contributed by atoms with Crippen molar-refractivity contribution in [2.75, 3.05) is 5.73 Å². The summed E-state index contributed by atoms with van der Waals surface area (Å²) >= 11 is 0. The second-order valence-corrected chi connectivity index (χ2v) is 4.30. The van der Waals surface area contributed by atoms with Gasteiger partial charge in [0.15, 0.2) is 0 Å². The Labute approximate surface area is 88.3 Å². The van der Waals surface area contributed by atoms with E-state index in [1.54, 1.807) is 0 Å². The van der Waals surface area contributed by atoms with E-state index in [0.717, 1.165) is 11.3 Å². The molecule has 1 nitrogen and oxygen atoms in total. The fourth-order valence-electron chi connectivity index (χ4n) is 2.14. The maximum atomic E-state index is 12.9. The summed E-state index contributed by atoms with van der Waals surface area (Å²) in [4.78, 5) is 0. The van der Waals surface area contributed by atoms with E-state index in [1.165, 1.54) is 0 Å². The first kappa shape index (κ1) is 10.4. The summed E-state index contributed by atoms with van der Waals surface area (Å²) in [6, 6.07) is 7.57. The molecule has 1 aliphatic carbocycles. The molecule has 0 heterocycles. The fourth-order valence-corrected chi connectivity index (χ4v) is 2.14. The van der Waals surface area contributed by atoms with Crippen LogP contribution in [0.4, 0.5) is 14.5 Å². The molecule has 15 heavy (non-hydrogen) atoms. The van der Waals surface area contributed by atoms with E-state index in [2.05, 4.69) is 0 Å². The summed E-state index contributed by atoms with van der Waals surface area (Å²) < 4.78 is 25.9. The highest BCUT2D eigenvalue weighted by Gasteiger charge is 2.35. The lowest BCUT2D eigenvalue weighted by atomic mass is 9.82. The quantitative estimate of drug-likeness (QED) is 0.706. The summed E-state index contributed by atoms with van der Waals surface area (Å²) in [5.41, 5.74) is 7.44. The van der Waals surface area contributed by atoms with Crippen molar-refractivity contribution in [1.29, 1.82) is 0 Å². The van der Waals surface area contributed by atoms with Gasteiger partial charge in [-0.15, -0.1) is 0 Å². The molecule has 0 atom stereocenters. The molecule has 0 radical (unpaired) electrons. The largest absolute Gasteiger partial charge is 0.399 e. The van der Waals surface area contributed by atoms with Crippen molar-refractivity contribution in [3.05, 3.63) is 29.8 Å². The average molecular weight is 211 g/mol. The first-order chi connectivity index (χ1) is 7.07. The van der Waals surface area contributed by atoms with Crippen LogP contribution in [0, 0.1) is 0 Å². The topological polar surface area (TPSA) is 26.0 Å². The van der Waals surface area contributed by atoms with Crippen LogP contribution in [0.15, 0.2) is 24.3 Å². The third kappa shape index (κ3) is 2.46. The van der Waals surface area contributed by atoms with Gasteiger partial charge >= 0.3 is 0 Å². The van der Waals surface area contributed by atoms with Crippen molar-refractivity contribution in [2.45, 2.75) is 37.5 Å². The Balaban J connectivity index is 2.04. The number of alkyl halides is 2. The van der Waals surface area contributed by atoms with Crippen molar-refractivity contribution >= 4 is 5.69 Å². The average Bonchev–Trinajstić information content (AvgIpc) is 2.20. The number of rotatable bonds is 1. The minimum atomic E-state index is -2.44. The molecule has 0 aromatic heterocycles. The van der Waals surface area contributed by atoms with Crippen LogP contribution in [-0.2, 0) is 0 Å². The Morgan fingerprint density at radius 1 is 1.07 bits per heavy atom. The summed E-state index contributed by atoms with van der Waals surface area (Å²) in [5, 5.41) is 0. The van der Waals surface area contributed by atoms with E-state index in [-0.39, 0.29) is 18.8 Å². The molecule has 0 bridgehead atoms. The zero-order chi connectivity index (χ0) is 10.9. The zero-order valence-electron chi connectivity index (χ0n) is 8.55. The van der Waals surface area contributed by atoms with Gasteiger partial charge in [-0.2, -0.15) is 0 Å². The van der Waals surface area contributed by atoms with Gasteiger partial charge in [0, 0.05) is 18.5 Å². The monoisotopic (exact) mass is 211 g/mol. The van der Waals surface area contributed by atoms with Gasteiger partial charge in [0.25, 0.3) is 0 Å². The molecule has 2 N–H and O–H groups in total. The first-order valence-electron chi connectivity index (χ1n) is 5.30. The molecule has 82 valence electrons. The molecule has 0 saturated heterocycles. The van der Waals surface area contributed by atoms with Gasteiger partial charge in [-0.05, 0) is 36.5 Å². The van der Waals surface area contributed by atoms with E-state index in [4.69, 9.17) is 5.73 Å². The highest BCUT2D eigenvalue weighted by Crippen LogP contribution is 2.40. The molecular formula is C12H15F2N. The van der Waals surface area contributed by atoms with Crippen molar-refractivity contribution in [1.82, 2.24) is 0 Å². The molecule has 1 fully saturated rings. The molecule has 1 aliphatic rings. The van der Waals surface area contributed by atoms with Gasteiger partial charge in [-0.3, -0.25) is 0 Å². The fraction of sp³-hybridized carbons (Fsp3) is 0.500. The Morgan fingerprint density at radius 3 is 2.13 bits per heavy atom. The van der Waals surface area contributed by atoms with Gasteiger partial charge in [0.05, 0.1) is 0 Å². The third-order valence-corrected chi connectivity index (χ3v) is 3.12. The molecule has 0 amide bonds. The highest BCUT2D eigenvalue weighted by molar-refractivity contribution is 5.40. The number of anilines is 1. The molecule has 0 spiro atoms. The smallest absolute Gasteiger partial charge is 0.248 e. The van der Waals surface area contributed by atoms with Crippen LogP contribution >= 0.6 is 0 Å². The molecule has 3 heteroatoms. The Bertz CT molecular complexity index is 322. The SMILES string of the molecule is Nc1ccc(C2CCC(F)(F)CC2)cc1. The predicted molar refractivity (Wildman–Crippen MR) is 57.0 cm³/mol. The second-order valence-electron chi connectivity index (χ2n) is 4.30. The van der Waals surface area contributed by atoms with Crippen molar-refractivity contribution in [2.24, 2.45) is 0 Å². The van der Waals surface area contributed by atoms with Gasteiger partial charge in [-0.1, -0.05) is 12.1 Å². The number of benzene rings is 1. The lowest BCUT2D eigenvalue weighted by molar-refractivity contribution is -0.0382. The summed E-state index contributed by atoms with van der Waals surface area (Å²) in [7, 11) is 0. The second kappa shape index (κ2) is 3.80. The number of nitrogen functional groups attached to an aromatic ring is 1. The summed E-state index contributed by atoms with van der Waals surface area (Å²) in [6.45, 7) is 0. The lowest BCUT2D eigenvalue weighted by Gasteiger charge is -2.28. The maximum Gasteiger partial charge on any atom is 0.248 e. The third-order valence-electron chi connectivity index (χ3n) is 3.12. The Kier molecular flexibility index (Phi) is 2.63. The van der Waals surface area contributed by atoms with E-state index in [0.29, 0.717) is 12.8 Å². The first-order valence-corrected chi connectivity index (χ1v) is 5.30. The standard InChI is InChI=1S/C12H15F2N/c13-12(14)7-5-10(6-8-12)9-1-3-11(15)4-2-9/h1-4,10H,5-8,15H2. The minimum absolute atomic E-state index is 0.0159. The number of nitrogens with two attached hydrogens (primary N) is 1. The van der Waals surface area contributed by atoms with Crippen LogP contribution in [0.5, 0.6) is 0 Å². The van der Waals surface area contributed by atoms with Crippen molar-refractivity contribution < 1.29 is 8.78 Å². The van der Waals surface area contributed by atoms with Gasteiger partial charge in [0.2, 0.25) is 5.92 Å². The summed E-state index contributed by atoms with van der Waals surface area (Å²) in [5.74, 6) is -2.16. The van der Waals surface area contributed by atoms with Crippen LogP contribution in [0.25, 0.3) is 0 Å². The van der Waals surface area contributed by atoms with E-state index < -0.39 is 5.92 Å². The molecule has 1 saturated carbocycles. The van der Waals surface area contributed by atoms with Crippen molar-refractivity contribution in [3.8, 4) is 0 Å². The van der Waals surface area contributed by atoms with Crippen LogP contribution in [0.2, 0.25) is 0 Å². The number of hydrogen-bond donors (Lipinski definition) is 1. The maximum absolute atomic E-state index is 12.9. The van der Waals surface area contributed by atoms with Crippen LogP contribution < -0.4 is 5.73 Å². The van der Waals surface area contributed by atoms with Crippen LogP contribution in [0.3, 0.4) is 0 Å². The summed E-state index contributed by atoms with van der Waals surface area (Å²) in [6.07, 6.45) is 1.19. The molecule has 0 aliphatic heterocycles. The molecule has 1 aromatic rings. The Hall–Kier alpha value is -1.12. The van der Waals surface area contributed by atoms with Gasteiger partial charge < -0.3 is 5.73 Å². The molecule has 2 rings (SSSR count). The molecule has 0 unspecified atom stereocenters. The highest BCUT2D eigenvalue weighted by atomic mass is 19.3. The number of hydrogen-bond acceptors (Lipinski definition) is 1. The van der Waals surface area contributed by atoms with Crippen molar-refractivity contribution in [3.63, 3.8) is 0 Å². The predicted octanol–water partition coefficient (Wildman–Crippen LogP) is 3.56. The van der Waals surface area contributed by atoms with Gasteiger partial charge in [-0.25, -0.2) is 8.78 Å². The van der Waals surface area contributed by atoms with E-state index >= 15 is 0 Å². The van der Waals surface area contributed by atoms with E-state index in [9.17, 15) is 8.78 Å². The van der Waals surface area contributed by atoms with Gasteiger partial charge in [0.1, 0.15) is 0 Å². The normalized spacial score (nSPS) is 21.5. The lowest BCUT2D eigenvalue weighted by Crippen LogP contribution is -2.23. The van der Waals surface area contributed by atoms with E-state index in [1.807, 2.05) is 24.3 Å². The molecular weight excluding hydrogens is 196 g/mol. The zero-order valence-corrected chi connectivity index (χ0v) is 8.55.